The number of para-hydroxylation sites is 1. The third-order valence-electron chi connectivity index (χ3n) is 4.83. The van der Waals surface area contributed by atoms with Gasteiger partial charge in [-0.25, -0.2) is 9.97 Å². The zero-order chi connectivity index (χ0) is 22.0. The first-order valence-corrected chi connectivity index (χ1v) is 10.7. The van der Waals surface area contributed by atoms with Gasteiger partial charge in [0.2, 0.25) is 5.91 Å². The van der Waals surface area contributed by atoms with Crippen LogP contribution in [0.3, 0.4) is 0 Å². The van der Waals surface area contributed by atoms with Crippen molar-refractivity contribution < 1.29 is 14.3 Å². The standard InChI is InChI=1S/C22H23N5O3S/c1-5-19(21(28)24-17-12-14(29-3)10-11-18(17)30-4)31-22-25-16-9-7-6-8-15(16)20-23-13(2)26-27(20)22/h6-12,19H,5H2,1-4H3,(H,24,28)/t19-/m1/s1. The minimum Gasteiger partial charge on any atom is -0.497 e. The molecule has 0 spiro atoms. The Balaban J connectivity index is 1.66. The number of hydrogen-bond donors (Lipinski definition) is 1. The van der Waals surface area contributed by atoms with Crippen molar-refractivity contribution in [2.45, 2.75) is 30.7 Å². The third kappa shape index (κ3) is 4.13. The normalized spacial score (nSPS) is 12.1. The van der Waals surface area contributed by atoms with E-state index in [1.165, 1.54) is 11.8 Å². The van der Waals surface area contributed by atoms with Crippen LogP contribution in [0.1, 0.15) is 19.2 Å². The number of ether oxygens (including phenoxy) is 2. The minimum atomic E-state index is -0.391. The molecule has 9 heteroatoms. The summed E-state index contributed by atoms with van der Waals surface area (Å²) in [6, 6.07) is 13.1. The van der Waals surface area contributed by atoms with E-state index < -0.39 is 5.25 Å². The first-order chi connectivity index (χ1) is 15.0. The van der Waals surface area contributed by atoms with Crippen molar-refractivity contribution in [1.29, 1.82) is 0 Å². The molecule has 1 atom stereocenters. The summed E-state index contributed by atoms with van der Waals surface area (Å²) in [6.45, 7) is 3.81. The lowest BCUT2D eigenvalue weighted by Crippen LogP contribution is -2.25. The fraction of sp³-hybridized carbons (Fsp3) is 0.273. The number of carbonyl (C=O) groups excluding carboxylic acids is 1. The molecule has 0 bridgehead atoms. The van der Waals surface area contributed by atoms with Gasteiger partial charge in [0.05, 0.1) is 30.7 Å². The highest BCUT2D eigenvalue weighted by atomic mass is 32.2. The summed E-state index contributed by atoms with van der Waals surface area (Å²) >= 11 is 1.36. The van der Waals surface area contributed by atoms with Gasteiger partial charge >= 0.3 is 0 Å². The van der Waals surface area contributed by atoms with Gasteiger partial charge in [0, 0.05) is 11.5 Å². The van der Waals surface area contributed by atoms with E-state index in [-0.39, 0.29) is 5.91 Å². The van der Waals surface area contributed by atoms with E-state index in [2.05, 4.69) is 15.4 Å². The van der Waals surface area contributed by atoms with Gasteiger partial charge in [0.1, 0.15) is 17.3 Å². The van der Waals surface area contributed by atoms with Crippen LogP contribution in [0.4, 0.5) is 5.69 Å². The van der Waals surface area contributed by atoms with Crippen LogP contribution in [-0.2, 0) is 4.79 Å². The molecule has 0 saturated carbocycles. The highest BCUT2D eigenvalue weighted by molar-refractivity contribution is 8.00. The summed E-state index contributed by atoms with van der Waals surface area (Å²) in [6.07, 6.45) is 0.604. The van der Waals surface area contributed by atoms with Crippen LogP contribution >= 0.6 is 11.8 Å². The molecular formula is C22H23N5O3S. The van der Waals surface area contributed by atoms with Crippen molar-refractivity contribution in [2.24, 2.45) is 0 Å². The van der Waals surface area contributed by atoms with Crippen molar-refractivity contribution in [3.8, 4) is 11.5 Å². The van der Waals surface area contributed by atoms with Gasteiger partial charge in [-0.2, -0.15) is 4.52 Å². The fourth-order valence-electron chi connectivity index (χ4n) is 3.28. The molecule has 2 aromatic carbocycles. The fourth-order valence-corrected chi connectivity index (χ4v) is 4.25. The number of nitrogens with one attached hydrogen (secondary N) is 1. The van der Waals surface area contributed by atoms with Crippen LogP contribution in [0, 0.1) is 6.92 Å². The summed E-state index contributed by atoms with van der Waals surface area (Å²) in [5.41, 5.74) is 2.10. The Labute approximate surface area is 184 Å². The maximum atomic E-state index is 13.1. The van der Waals surface area contributed by atoms with Gasteiger partial charge in [-0.1, -0.05) is 30.8 Å². The van der Waals surface area contributed by atoms with E-state index in [0.717, 1.165) is 16.6 Å². The largest absolute Gasteiger partial charge is 0.497 e. The Kier molecular flexibility index (Phi) is 5.94. The average molecular weight is 438 g/mol. The van der Waals surface area contributed by atoms with Crippen molar-refractivity contribution in [3.05, 3.63) is 48.3 Å². The number of methoxy groups -OCH3 is 2. The molecule has 2 aromatic heterocycles. The Morgan fingerprint density at radius 2 is 1.97 bits per heavy atom. The second-order valence-corrected chi connectivity index (χ2v) is 8.05. The molecule has 0 aliphatic heterocycles. The quantitative estimate of drug-likeness (QED) is 0.344. The molecule has 0 aliphatic carbocycles. The molecule has 4 aromatic rings. The van der Waals surface area contributed by atoms with Gasteiger partial charge in [0.25, 0.3) is 0 Å². The molecule has 2 heterocycles. The van der Waals surface area contributed by atoms with Gasteiger partial charge < -0.3 is 14.8 Å². The van der Waals surface area contributed by atoms with Crippen molar-refractivity contribution in [2.75, 3.05) is 19.5 Å². The number of carbonyl (C=O) groups is 1. The number of aryl methyl sites for hydroxylation is 1. The SMILES string of the molecule is CC[C@@H](Sc1nc2ccccc2c2nc(C)nn12)C(=O)Nc1cc(OC)ccc1OC. The van der Waals surface area contributed by atoms with E-state index in [0.29, 0.717) is 34.6 Å². The van der Waals surface area contributed by atoms with Crippen molar-refractivity contribution >= 4 is 39.9 Å². The monoisotopic (exact) mass is 437 g/mol. The Bertz CT molecular complexity index is 1260. The second kappa shape index (κ2) is 8.81. The van der Waals surface area contributed by atoms with Crippen molar-refractivity contribution in [3.63, 3.8) is 0 Å². The highest BCUT2D eigenvalue weighted by Gasteiger charge is 2.23. The molecule has 1 amide bonds. The van der Waals surface area contributed by atoms with Gasteiger partial charge in [0.15, 0.2) is 10.8 Å². The number of fused-ring (bicyclic) bond motifs is 3. The zero-order valence-electron chi connectivity index (χ0n) is 17.7. The summed E-state index contributed by atoms with van der Waals surface area (Å²) in [5.74, 6) is 1.69. The van der Waals surface area contributed by atoms with E-state index in [1.54, 1.807) is 36.9 Å². The van der Waals surface area contributed by atoms with Crippen LogP contribution in [-0.4, -0.2) is 45.0 Å². The lowest BCUT2D eigenvalue weighted by molar-refractivity contribution is -0.115. The molecule has 8 nitrogen and oxygen atoms in total. The number of nitrogens with zero attached hydrogens (tertiary/aromatic N) is 4. The topological polar surface area (TPSA) is 90.6 Å². The maximum absolute atomic E-state index is 13.1. The van der Waals surface area contributed by atoms with Crippen molar-refractivity contribution in [1.82, 2.24) is 19.6 Å². The van der Waals surface area contributed by atoms with Crippen LogP contribution in [0.15, 0.2) is 47.6 Å². The van der Waals surface area contributed by atoms with E-state index in [1.807, 2.05) is 38.1 Å². The molecule has 4 rings (SSSR count). The number of benzene rings is 2. The third-order valence-corrected chi connectivity index (χ3v) is 6.14. The first-order valence-electron chi connectivity index (χ1n) is 9.85. The summed E-state index contributed by atoms with van der Waals surface area (Å²) in [7, 11) is 3.14. The highest BCUT2D eigenvalue weighted by Crippen LogP contribution is 2.32. The van der Waals surface area contributed by atoms with Gasteiger partial charge in [-0.05, 0) is 37.6 Å². The van der Waals surface area contributed by atoms with Crippen LogP contribution < -0.4 is 14.8 Å². The molecule has 0 radical (unpaired) electrons. The van der Waals surface area contributed by atoms with Crippen LogP contribution in [0.5, 0.6) is 11.5 Å². The molecule has 0 fully saturated rings. The Morgan fingerprint density at radius 1 is 1.16 bits per heavy atom. The minimum absolute atomic E-state index is 0.154. The number of hydrogen-bond acceptors (Lipinski definition) is 7. The number of aromatic nitrogens is 4. The Hall–Kier alpha value is -3.33. The van der Waals surface area contributed by atoms with Gasteiger partial charge in [-0.3, -0.25) is 4.79 Å². The maximum Gasteiger partial charge on any atom is 0.238 e. The number of rotatable bonds is 7. The number of anilines is 1. The van der Waals surface area contributed by atoms with Crippen LogP contribution in [0.2, 0.25) is 0 Å². The lowest BCUT2D eigenvalue weighted by Gasteiger charge is -2.17. The molecule has 1 N–H and O–H groups in total. The molecule has 160 valence electrons. The number of thioether (sulfide) groups is 1. The Morgan fingerprint density at radius 3 is 2.71 bits per heavy atom. The smallest absolute Gasteiger partial charge is 0.238 e. The summed E-state index contributed by atoms with van der Waals surface area (Å²) in [5, 5.41) is 8.61. The van der Waals surface area contributed by atoms with E-state index >= 15 is 0 Å². The van der Waals surface area contributed by atoms with E-state index in [4.69, 9.17) is 14.5 Å². The zero-order valence-corrected chi connectivity index (χ0v) is 18.6. The molecule has 0 unspecified atom stereocenters. The average Bonchev–Trinajstić information content (AvgIpc) is 3.19. The van der Waals surface area contributed by atoms with E-state index in [9.17, 15) is 4.79 Å². The molecular weight excluding hydrogens is 414 g/mol. The molecule has 0 saturated heterocycles. The molecule has 0 aliphatic rings. The van der Waals surface area contributed by atoms with Crippen LogP contribution in [0.25, 0.3) is 16.6 Å². The van der Waals surface area contributed by atoms with Gasteiger partial charge in [-0.15, -0.1) is 5.10 Å². The number of amides is 1. The summed E-state index contributed by atoms with van der Waals surface area (Å²) in [4.78, 5) is 22.4. The summed E-state index contributed by atoms with van der Waals surface area (Å²) < 4.78 is 12.4. The first kappa shape index (κ1) is 20.9. The lowest BCUT2D eigenvalue weighted by atomic mass is 10.2. The predicted octanol–water partition coefficient (Wildman–Crippen LogP) is 4.11. The molecule has 31 heavy (non-hydrogen) atoms. The predicted molar refractivity (Wildman–Crippen MR) is 121 cm³/mol. The second-order valence-electron chi connectivity index (χ2n) is 6.88.